The molecule has 5 heteroatoms. The van der Waals surface area contributed by atoms with Crippen molar-refractivity contribution in [3.05, 3.63) is 15.6 Å². The third-order valence-electron chi connectivity index (χ3n) is 4.30. The van der Waals surface area contributed by atoms with Gasteiger partial charge in [0, 0.05) is 19.1 Å². The summed E-state index contributed by atoms with van der Waals surface area (Å²) in [5.41, 5.74) is 6.97. The second-order valence-electron chi connectivity index (χ2n) is 5.52. The minimum Gasteiger partial charge on any atom is -0.337 e. The van der Waals surface area contributed by atoms with Gasteiger partial charge in [-0.1, -0.05) is 0 Å². The molecule has 98 valence electrons. The zero-order chi connectivity index (χ0) is 12.9. The van der Waals surface area contributed by atoms with Crippen molar-refractivity contribution >= 4 is 17.2 Å². The number of fused-ring (bicyclic) bond motifs is 1. The third kappa shape index (κ3) is 1.86. The molecule has 0 spiro atoms. The standard InChI is InChI=1S/C13H19N3OS/c1-7-12(18-8(2)15-7)13(17)16-5-9-3-4-11(14)10(9)6-16/h9-11H,3-6,14H2,1-2H3. The fraction of sp³-hybridized carbons (Fsp3) is 0.692. The van der Waals surface area contributed by atoms with E-state index in [0.29, 0.717) is 11.8 Å². The minimum absolute atomic E-state index is 0.153. The first-order chi connectivity index (χ1) is 8.56. The summed E-state index contributed by atoms with van der Waals surface area (Å²) in [6.07, 6.45) is 2.30. The van der Waals surface area contributed by atoms with Gasteiger partial charge < -0.3 is 10.6 Å². The van der Waals surface area contributed by atoms with Gasteiger partial charge in [-0.3, -0.25) is 4.79 Å². The molecule has 3 unspecified atom stereocenters. The summed E-state index contributed by atoms with van der Waals surface area (Å²) in [6, 6.07) is 0.289. The Bertz CT molecular complexity index is 485. The molecule has 0 aromatic carbocycles. The van der Waals surface area contributed by atoms with Crippen molar-refractivity contribution in [2.24, 2.45) is 17.6 Å². The van der Waals surface area contributed by atoms with Gasteiger partial charge in [-0.15, -0.1) is 11.3 Å². The summed E-state index contributed by atoms with van der Waals surface area (Å²) in [6.45, 7) is 5.58. The highest BCUT2D eigenvalue weighted by molar-refractivity contribution is 7.13. The maximum absolute atomic E-state index is 12.5. The lowest BCUT2D eigenvalue weighted by molar-refractivity contribution is 0.0783. The van der Waals surface area contributed by atoms with Crippen LogP contribution in [0.4, 0.5) is 0 Å². The number of rotatable bonds is 1. The van der Waals surface area contributed by atoms with Crippen LogP contribution in [0.2, 0.25) is 0 Å². The van der Waals surface area contributed by atoms with Crippen LogP contribution in [0.3, 0.4) is 0 Å². The van der Waals surface area contributed by atoms with Crippen LogP contribution >= 0.6 is 11.3 Å². The Labute approximate surface area is 111 Å². The Morgan fingerprint density at radius 3 is 2.78 bits per heavy atom. The van der Waals surface area contributed by atoms with E-state index in [-0.39, 0.29) is 11.9 Å². The van der Waals surface area contributed by atoms with Gasteiger partial charge in [-0.2, -0.15) is 0 Å². The number of carbonyl (C=O) groups is 1. The van der Waals surface area contributed by atoms with Gasteiger partial charge >= 0.3 is 0 Å². The van der Waals surface area contributed by atoms with Gasteiger partial charge in [-0.25, -0.2) is 4.98 Å². The Morgan fingerprint density at radius 2 is 2.17 bits per heavy atom. The maximum Gasteiger partial charge on any atom is 0.265 e. The lowest BCUT2D eigenvalue weighted by Crippen LogP contribution is -2.33. The predicted octanol–water partition coefficient (Wildman–Crippen LogP) is 1.57. The minimum atomic E-state index is 0.153. The van der Waals surface area contributed by atoms with Crippen molar-refractivity contribution in [1.82, 2.24) is 9.88 Å². The summed E-state index contributed by atoms with van der Waals surface area (Å²) in [5, 5.41) is 0.965. The fourth-order valence-electron chi connectivity index (χ4n) is 3.35. The highest BCUT2D eigenvalue weighted by Crippen LogP contribution is 2.38. The van der Waals surface area contributed by atoms with Crippen molar-refractivity contribution in [2.75, 3.05) is 13.1 Å². The molecule has 0 bridgehead atoms. The summed E-state index contributed by atoms with van der Waals surface area (Å²) >= 11 is 1.50. The molecule has 0 radical (unpaired) electrons. The molecule has 1 amide bonds. The molecule has 4 nitrogen and oxygen atoms in total. The van der Waals surface area contributed by atoms with Crippen LogP contribution < -0.4 is 5.73 Å². The van der Waals surface area contributed by atoms with E-state index in [1.54, 1.807) is 0 Å². The zero-order valence-corrected chi connectivity index (χ0v) is 11.7. The number of thiazole rings is 1. The lowest BCUT2D eigenvalue weighted by Gasteiger charge is -2.18. The van der Waals surface area contributed by atoms with E-state index in [2.05, 4.69) is 4.98 Å². The number of aromatic nitrogens is 1. The SMILES string of the molecule is Cc1nc(C)c(C(=O)N2CC3CCC(N)C3C2)s1. The second-order valence-corrected chi connectivity index (χ2v) is 6.73. The molecule has 1 aliphatic heterocycles. The monoisotopic (exact) mass is 265 g/mol. The molecule has 3 atom stereocenters. The molecule has 18 heavy (non-hydrogen) atoms. The van der Waals surface area contributed by atoms with Crippen LogP contribution in [0.15, 0.2) is 0 Å². The van der Waals surface area contributed by atoms with Gasteiger partial charge in [0.25, 0.3) is 5.91 Å². The number of nitrogens with zero attached hydrogens (tertiary/aromatic N) is 2. The number of hydrogen-bond donors (Lipinski definition) is 1. The van der Waals surface area contributed by atoms with Gasteiger partial charge in [0.05, 0.1) is 10.7 Å². The molecule has 1 saturated carbocycles. The molecule has 1 saturated heterocycles. The smallest absolute Gasteiger partial charge is 0.265 e. The third-order valence-corrected chi connectivity index (χ3v) is 5.36. The molecule has 2 heterocycles. The average molecular weight is 265 g/mol. The van der Waals surface area contributed by atoms with Crippen molar-refractivity contribution in [3.8, 4) is 0 Å². The number of hydrogen-bond acceptors (Lipinski definition) is 4. The van der Waals surface area contributed by atoms with E-state index in [0.717, 1.165) is 35.1 Å². The van der Waals surface area contributed by atoms with Crippen LogP contribution in [-0.2, 0) is 0 Å². The van der Waals surface area contributed by atoms with E-state index in [9.17, 15) is 4.79 Å². The summed E-state index contributed by atoms with van der Waals surface area (Å²) in [5.74, 6) is 1.29. The molecule has 2 N–H and O–H groups in total. The largest absolute Gasteiger partial charge is 0.337 e. The molecular weight excluding hydrogens is 246 g/mol. The fourth-order valence-corrected chi connectivity index (χ4v) is 4.23. The Balaban J connectivity index is 1.77. The van der Waals surface area contributed by atoms with Gasteiger partial charge in [-0.05, 0) is 38.5 Å². The molecule has 3 rings (SSSR count). The van der Waals surface area contributed by atoms with Crippen molar-refractivity contribution < 1.29 is 4.79 Å². The summed E-state index contributed by atoms with van der Waals surface area (Å²) < 4.78 is 0. The molecule has 1 aromatic heterocycles. The quantitative estimate of drug-likeness (QED) is 0.838. The zero-order valence-electron chi connectivity index (χ0n) is 10.8. The van der Waals surface area contributed by atoms with Crippen molar-refractivity contribution in [1.29, 1.82) is 0 Å². The molecular formula is C13H19N3OS. The van der Waals surface area contributed by atoms with E-state index >= 15 is 0 Å². The van der Waals surface area contributed by atoms with E-state index in [4.69, 9.17) is 5.73 Å². The number of nitrogens with two attached hydrogens (primary N) is 1. The van der Waals surface area contributed by atoms with E-state index in [1.165, 1.54) is 17.8 Å². The number of amides is 1. The highest BCUT2D eigenvalue weighted by atomic mass is 32.1. The van der Waals surface area contributed by atoms with Crippen LogP contribution in [0.25, 0.3) is 0 Å². The first kappa shape index (κ1) is 12.1. The lowest BCUT2D eigenvalue weighted by atomic mass is 9.98. The Morgan fingerprint density at radius 1 is 1.39 bits per heavy atom. The van der Waals surface area contributed by atoms with Gasteiger partial charge in [0.1, 0.15) is 4.88 Å². The van der Waals surface area contributed by atoms with Gasteiger partial charge in [0.2, 0.25) is 0 Å². The Hall–Kier alpha value is -0.940. The molecule has 2 fully saturated rings. The topological polar surface area (TPSA) is 59.2 Å². The highest BCUT2D eigenvalue weighted by Gasteiger charge is 2.43. The van der Waals surface area contributed by atoms with E-state index < -0.39 is 0 Å². The molecule has 1 aliphatic carbocycles. The Kier molecular flexibility index (Phi) is 2.90. The summed E-state index contributed by atoms with van der Waals surface area (Å²) in [7, 11) is 0. The van der Waals surface area contributed by atoms with Crippen LogP contribution in [0.1, 0.15) is 33.2 Å². The summed E-state index contributed by atoms with van der Waals surface area (Å²) in [4.78, 5) is 19.6. The second kappa shape index (κ2) is 4.31. The number of aryl methyl sites for hydroxylation is 2. The number of carbonyl (C=O) groups excluding carboxylic acids is 1. The van der Waals surface area contributed by atoms with Crippen LogP contribution in [0.5, 0.6) is 0 Å². The first-order valence-corrected chi connectivity index (χ1v) is 7.37. The number of likely N-dealkylation sites (tertiary alicyclic amines) is 1. The van der Waals surface area contributed by atoms with Crippen molar-refractivity contribution in [3.63, 3.8) is 0 Å². The van der Waals surface area contributed by atoms with E-state index in [1.807, 2.05) is 18.7 Å². The average Bonchev–Trinajstić information content (AvgIpc) is 2.96. The normalized spacial score (nSPS) is 30.8. The van der Waals surface area contributed by atoms with Crippen LogP contribution in [-0.4, -0.2) is 34.9 Å². The maximum atomic E-state index is 12.5. The molecule has 1 aromatic rings. The predicted molar refractivity (Wildman–Crippen MR) is 71.7 cm³/mol. The van der Waals surface area contributed by atoms with Gasteiger partial charge in [0.15, 0.2) is 0 Å². The van der Waals surface area contributed by atoms with Crippen molar-refractivity contribution in [2.45, 2.75) is 32.7 Å². The molecule has 2 aliphatic rings. The first-order valence-electron chi connectivity index (χ1n) is 6.55. The van der Waals surface area contributed by atoms with Crippen LogP contribution in [0, 0.1) is 25.7 Å².